The lowest BCUT2D eigenvalue weighted by atomic mass is 9.79. The molecule has 0 aliphatic rings. The molecule has 0 spiro atoms. The van der Waals surface area contributed by atoms with Crippen LogP contribution >= 0.6 is 0 Å². The summed E-state index contributed by atoms with van der Waals surface area (Å²) in [5.74, 6) is -0.705. The number of rotatable bonds is 5. The SMILES string of the molecule is CC(C)(C)c1cc(/C=N/NC(=O)c2ccccc2NC(=O)c2ccco2)c(O)c(C(C)(C)C)c1. The number of nitrogens with zero attached hydrogens (tertiary/aromatic N) is 1. The number of para-hydroxylation sites is 1. The van der Waals surface area contributed by atoms with Crippen molar-refractivity contribution in [2.24, 2.45) is 5.10 Å². The Morgan fingerprint density at radius 1 is 0.941 bits per heavy atom. The molecule has 0 fully saturated rings. The number of furan rings is 1. The molecule has 178 valence electrons. The Morgan fingerprint density at radius 3 is 2.26 bits per heavy atom. The van der Waals surface area contributed by atoms with Gasteiger partial charge in [-0.15, -0.1) is 0 Å². The quantitative estimate of drug-likeness (QED) is 0.340. The molecule has 7 heteroatoms. The molecule has 0 atom stereocenters. The molecule has 0 aliphatic heterocycles. The summed E-state index contributed by atoms with van der Waals surface area (Å²) in [5, 5.41) is 17.6. The van der Waals surface area contributed by atoms with E-state index in [0.29, 0.717) is 11.3 Å². The van der Waals surface area contributed by atoms with E-state index in [-0.39, 0.29) is 27.9 Å². The highest BCUT2D eigenvalue weighted by Gasteiger charge is 2.24. The third-order valence-electron chi connectivity index (χ3n) is 5.35. The Labute approximate surface area is 199 Å². The molecular formula is C27H31N3O4. The van der Waals surface area contributed by atoms with Crippen LogP contribution in [-0.2, 0) is 10.8 Å². The van der Waals surface area contributed by atoms with Gasteiger partial charge in [-0.05, 0) is 46.7 Å². The number of benzene rings is 2. The van der Waals surface area contributed by atoms with Gasteiger partial charge in [-0.25, -0.2) is 5.43 Å². The molecule has 34 heavy (non-hydrogen) atoms. The first kappa shape index (κ1) is 24.8. The fraction of sp³-hybridized carbons (Fsp3) is 0.296. The largest absolute Gasteiger partial charge is 0.507 e. The van der Waals surface area contributed by atoms with Crippen molar-refractivity contribution in [3.05, 3.63) is 82.8 Å². The van der Waals surface area contributed by atoms with Crippen LogP contribution in [-0.4, -0.2) is 23.1 Å². The van der Waals surface area contributed by atoms with Crippen LogP contribution in [0.5, 0.6) is 5.75 Å². The molecular weight excluding hydrogens is 430 g/mol. The third-order valence-corrected chi connectivity index (χ3v) is 5.35. The van der Waals surface area contributed by atoms with Gasteiger partial charge in [0.1, 0.15) is 5.75 Å². The number of anilines is 1. The van der Waals surface area contributed by atoms with E-state index in [1.54, 1.807) is 30.3 Å². The molecule has 1 heterocycles. The van der Waals surface area contributed by atoms with Crippen molar-refractivity contribution in [1.29, 1.82) is 0 Å². The highest BCUT2D eigenvalue weighted by Crippen LogP contribution is 2.37. The lowest BCUT2D eigenvalue weighted by molar-refractivity contribution is 0.0956. The van der Waals surface area contributed by atoms with Crippen LogP contribution in [0.1, 0.15) is 79.1 Å². The summed E-state index contributed by atoms with van der Waals surface area (Å²) in [6.07, 6.45) is 2.83. The molecule has 2 aromatic carbocycles. The molecule has 7 nitrogen and oxygen atoms in total. The van der Waals surface area contributed by atoms with E-state index >= 15 is 0 Å². The summed E-state index contributed by atoms with van der Waals surface area (Å²) in [6, 6.07) is 13.6. The Morgan fingerprint density at radius 2 is 1.65 bits per heavy atom. The number of phenolic OH excluding ortho intramolecular Hbond substituents is 1. The molecule has 0 saturated carbocycles. The number of carbonyl (C=O) groups is 2. The van der Waals surface area contributed by atoms with Gasteiger partial charge in [0, 0.05) is 11.1 Å². The van der Waals surface area contributed by atoms with Crippen LogP contribution in [0.4, 0.5) is 5.69 Å². The Balaban J connectivity index is 1.84. The summed E-state index contributed by atoms with van der Waals surface area (Å²) >= 11 is 0. The van der Waals surface area contributed by atoms with Gasteiger partial charge < -0.3 is 14.8 Å². The summed E-state index contributed by atoms with van der Waals surface area (Å²) < 4.78 is 5.10. The average Bonchev–Trinajstić information content (AvgIpc) is 3.28. The van der Waals surface area contributed by atoms with Gasteiger partial charge in [0.2, 0.25) is 0 Å². The van der Waals surface area contributed by atoms with Crippen LogP contribution in [0, 0.1) is 0 Å². The van der Waals surface area contributed by atoms with E-state index < -0.39 is 11.8 Å². The lowest BCUT2D eigenvalue weighted by Gasteiger charge is -2.26. The molecule has 3 N–H and O–H groups in total. The second-order valence-electron chi connectivity index (χ2n) is 10.1. The second-order valence-corrected chi connectivity index (χ2v) is 10.1. The zero-order chi connectivity index (χ0) is 25.1. The smallest absolute Gasteiger partial charge is 0.291 e. The van der Waals surface area contributed by atoms with E-state index in [1.165, 1.54) is 18.5 Å². The monoisotopic (exact) mass is 461 g/mol. The number of phenols is 1. The van der Waals surface area contributed by atoms with Gasteiger partial charge in [-0.2, -0.15) is 5.10 Å². The first-order valence-corrected chi connectivity index (χ1v) is 11.0. The number of nitrogens with one attached hydrogen (secondary N) is 2. The van der Waals surface area contributed by atoms with Crippen LogP contribution in [0.3, 0.4) is 0 Å². The standard InChI is InChI=1S/C27H31N3O4/c1-26(2,3)18-14-17(23(31)20(15-18)27(4,5)6)16-28-30-24(32)19-10-7-8-11-21(19)29-25(33)22-12-9-13-34-22/h7-16,31H,1-6H3,(H,29,33)(H,30,32)/b28-16+. The number of carbonyl (C=O) groups excluding carboxylic acids is 2. The molecule has 0 aliphatic carbocycles. The summed E-state index contributed by atoms with van der Waals surface area (Å²) in [5.41, 5.74) is 5.00. The van der Waals surface area contributed by atoms with Gasteiger partial charge >= 0.3 is 0 Å². The Hall–Kier alpha value is -3.87. The topological polar surface area (TPSA) is 104 Å². The molecule has 3 aromatic rings. The van der Waals surface area contributed by atoms with Crippen molar-refractivity contribution in [1.82, 2.24) is 5.43 Å². The molecule has 0 radical (unpaired) electrons. The van der Waals surface area contributed by atoms with Crippen LogP contribution in [0.2, 0.25) is 0 Å². The highest BCUT2D eigenvalue weighted by atomic mass is 16.3. The number of aromatic hydroxyl groups is 1. The number of hydrogen-bond acceptors (Lipinski definition) is 5. The number of hydrazone groups is 1. The first-order chi connectivity index (χ1) is 15.9. The number of hydrogen-bond donors (Lipinski definition) is 3. The highest BCUT2D eigenvalue weighted by molar-refractivity contribution is 6.08. The van der Waals surface area contributed by atoms with Crippen LogP contribution in [0.15, 0.2) is 64.3 Å². The van der Waals surface area contributed by atoms with Gasteiger partial charge in [-0.3, -0.25) is 9.59 Å². The maximum atomic E-state index is 12.8. The van der Waals surface area contributed by atoms with Gasteiger partial charge in [-0.1, -0.05) is 59.7 Å². The molecule has 3 rings (SSSR count). The lowest BCUT2D eigenvalue weighted by Crippen LogP contribution is -2.21. The predicted octanol–water partition coefficient (Wildman–Crippen LogP) is 5.60. The van der Waals surface area contributed by atoms with E-state index in [2.05, 4.69) is 36.6 Å². The first-order valence-electron chi connectivity index (χ1n) is 11.0. The van der Waals surface area contributed by atoms with E-state index in [4.69, 9.17) is 4.42 Å². The van der Waals surface area contributed by atoms with Crippen molar-refractivity contribution in [3.8, 4) is 5.75 Å². The molecule has 0 saturated heterocycles. The number of amides is 2. The van der Waals surface area contributed by atoms with Crippen molar-refractivity contribution in [3.63, 3.8) is 0 Å². The van der Waals surface area contributed by atoms with Crippen LogP contribution < -0.4 is 10.7 Å². The minimum absolute atomic E-state index is 0.129. The molecule has 0 bridgehead atoms. The summed E-state index contributed by atoms with van der Waals surface area (Å²) in [6.45, 7) is 12.4. The zero-order valence-electron chi connectivity index (χ0n) is 20.4. The second kappa shape index (κ2) is 9.55. The molecule has 2 amide bonds. The van der Waals surface area contributed by atoms with Crippen molar-refractivity contribution in [2.45, 2.75) is 52.4 Å². The molecule has 0 unspecified atom stereocenters. The van der Waals surface area contributed by atoms with Crippen molar-refractivity contribution >= 4 is 23.7 Å². The Bertz CT molecular complexity index is 1210. The maximum absolute atomic E-state index is 12.8. The summed E-state index contributed by atoms with van der Waals surface area (Å²) in [7, 11) is 0. The fourth-order valence-electron chi connectivity index (χ4n) is 3.36. The zero-order valence-corrected chi connectivity index (χ0v) is 20.4. The fourth-order valence-corrected chi connectivity index (χ4v) is 3.36. The maximum Gasteiger partial charge on any atom is 0.291 e. The minimum Gasteiger partial charge on any atom is -0.507 e. The van der Waals surface area contributed by atoms with Gasteiger partial charge in [0.05, 0.1) is 23.7 Å². The summed E-state index contributed by atoms with van der Waals surface area (Å²) in [4.78, 5) is 25.1. The van der Waals surface area contributed by atoms with Crippen LogP contribution in [0.25, 0.3) is 0 Å². The Kier molecular flexibility index (Phi) is 6.96. The molecule has 1 aromatic heterocycles. The minimum atomic E-state index is -0.505. The average molecular weight is 462 g/mol. The van der Waals surface area contributed by atoms with Gasteiger partial charge in [0.15, 0.2) is 5.76 Å². The predicted molar refractivity (Wildman–Crippen MR) is 134 cm³/mol. The third kappa shape index (κ3) is 5.73. The normalized spacial score (nSPS) is 12.1. The van der Waals surface area contributed by atoms with Crippen molar-refractivity contribution in [2.75, 3.05) is 5.32 Å². The van der Waals surface area contributed by atoms with Gasteiger partial charge in [0.25, 0.3) is 11.8 Å². The van der Waals surface area contributed by atoms with E-state index in [9.17, 15) is 14.7 Å². The van der Waals surface area contributed by atoms with E-state index in [0.717, 1.165) is 11.1 Å². The van der Waals surface area contributed by atoms with Crippen molar-refractivity contribution < 1.29 is 19.1 Å². The van der Waals surface area contributed by atoms with E-state index in [1.807, 2.05) is 32.9 Å².